The lowest BCUT2D eigenvalue weighted by Crippen LogP contribution is -2.13. The van der Waals surface area contributed by atoms with E-state index < -0.39 is 16.0 Å². The van der Waals surface area contributed by atoms with Gasteiger partial charge in [0.25, 0.3) is 10.0 Å². The largest absolute Gasteiger partial charge is 0.478 e. The Labute approximate surface area is 117 Å². The number of carboxylic acids is 1. The maximum atomic E-state index is 12.0. The maximum Gasteiger partial charge on any atom is 0.337 e. The van der Waals surface area contributed by atoms with E-state index >= 15 is 0 Å². The minimum Gasteiger partial charge on any atom is -0.478 e. The Morgan fingerprint density at radius 1 is 1.42 bits per heavy atom. The molecule has 0 aliphatic rings. The molecular formula is C9H6ClN3O4S2. The van der Waals surface area contributed by atoms with Gasteiger partial charge in [0.1, 0.15) is 5.00 Å². The van der Waals surface area contributed by atoms with Gasteiger partial charge in [0.2, 0.25) is 0 Å². The zero-order valence-corrected chi connectivity index (χ0v) is 11.5. The number of halogens is 1. The fraction of sp³-hybridized carbons (Fsp3) is 0. The van der Waals surface area contributed by atoms with E-state index in [1.807, 2.05) is 0 Å². The van der Waals surface area contributed by atoms with Crippen molar-refractivity contribution in [2.75, 3.05) is 4.72 Å². The van der Waals surface area contributed by atoms with Crippen LogP contribution in [0.3, 0.4) is 0 Å². The van der Waals surface area contributed by atoms with Gasteiger partial charge in [-0.05, 0) is 18.2 Å². The Morgan fingerprint density at radius 3 is 2.74 bits per heavy atom. The molecule has 2 N–H and O–H groups in total. The molecule has 2 aromatic rings. The molecule has 19 heavy (non-hydrogen) atoms. The number of nitrogens with one attached hydrogen (secondary N) is 1. The van der Waals surface area contributed by atoms with E-state index in [0.29, 0.717) is 0 Å². The standard InChI is InChI=1S/C9H6ClN3O4S2/c10-7-2-1-5(3-6(7)9(14)15)19(16,17)12-8-4-11-13-18-8/h1-4,12H,(H,14,15). The minimum absolute atomic E-state index is 0.0362. The highest BCUT2D eigenvalue weighted by atomic mass is 35.5. The van der Waals surface area contributed by atoms with E-state index in [2.05, 4.69) is 14.3 Å². The zero-order chi connectivity index (χ0) is 14.0. The van der Waals surface area contributed by atoms with Crippen LogP contribution < -0.4 is 4.72 Å². The number of benzene rings is 1. The average molecular weight is 320 g/mol. The molecule has 2 rings (SSSR count). The second-order valence-electron chi connectivity index (χ2n) is 3.33. The van der Waals surface area contributed by atoms with Crippen molar-refractivity contribution >= 4 is 44.1 Å². The van der Waals surface area contributed by atoms with E-state index in [-0.39, 0.29) is 20.5 Å². The van der Waals surface area contributed by atoms with Gasteiger partial charge < -0.3 is 5.11 Å². The number of nitrogens with zero attached hydrogens (tertiary/aromatic N) is 2. The van der Waals surface area contributed by atoms with Gasteiger partial charge in [-0.15, -0.1) is 5.10 Å². The highest BCUT2D eigenvalue weighted by Crippen LogP contribution is 2.23. The quantitative estimate of drug-likeness (QED) is 0.887. The number of carboxylic acid groups (broad SMARTS) is 1. The van der Waals surface area contributed by atoms with Gasteiger partial charge in [-0.3, -0.25) is 4.72 Å². The Bertz CT molecular complexity index is 715. The molecule has 0 unspecified atom stereocenters. The lowest BCUT2D eigenvalue weighted by molar-refractivity contribution is 0.0697. The minimum atomic E-state index is -3.90. The molecule has 1 aromatic heterocycles. The third-order valence-corrected chi connectivity index (χ3v) is 4.48. The summed E-state index contributed by atoms with van der Waals surface area (Å²) in [5, 5.41) is 12.6. The third-order valence-electron chi connectivity index (χ3n) is 2.07. The first-order valence-electron chi connectivity index (χ1n) is 4.73. The van der Waals surface area contributed by atoms with Crippen LogP contribution >= 0.6 is 23.1 Å². The number of anilines is 1. The van der Waals surface area contributed by atoms with Crippen molar-refractivity contribution < 1.29 is 18.3 Å². The summed E-state index contributed by atoms with van der Waals surface area (Å²) in [5.74, 6) is -1.30. The summed E-state index contributed by atoms with van der Waals surface area (Å²) >= 11 is 6.53. The predicted molar refractivity (Wildman–Crippen MR) is 69.1 cm³/mol. The van der Waals surface area contributed by atoms with E-state index in [0.717, 1.165) is 17.6 Å². The number of hydrogen-bond donors (Lipinski definition) is 2. The molecule has 0 atom stereocenters. The van der Waals surface area contributed by atoms with Crippen LogP contribution in [0.2, 0.25) is 5.02 Å². The summed E-state index contributed by atoms with van der Waals surface area (Å²) in [7, 11) is -3.90. The molecule has 10 heteroatoms. The van der Waals surface area contributed by atoms with Crippen molar-refractivity contribution in [1.82, 2.24) is 9.59 Å². The normalized spacial score (nSPS) is 11.2. The van der Waals surface area contributed by atoms with Crippen molar-refractivity contribution in [3.8, 4) is 0 Å². The van der Waals surface area contributed by atoms with Crippen molar-refractivity contribution in [3.63, 3.8) is 0 Å². The van der Waals surface area contributed by atoms with Crippen molar-refractivity contribution in [3.05, 3.63) is 35.0 Å². The summed E-state index contributed by atoms with van der Waals surface area (Å²) in [6, 6.07) is 3.41. The van der Waals surface area contributed by atoms with E-state index in [9.17, 15) is 13.2 Å². The Morgan fingerprint density at radius 2 is 2.16 bits per heavy atom. The molecule has 1 heterocycles. The summed E-state index contributed by atoms with van der Waals surface area (Å²) in [5.41, 5.74) is -0.285. The van der Waals surface area contributed by atoms with Crippen molar-refractivity contribution in [1.29, 1.82) is 0 Å². The van der Waals surface area contributed by atoms with Crippen LogP contribution in [0.1, 0.15) is 10.4 Å². The summed E-state index contributed by atoms with van der Waals surface area (Å²) in [4.78, 5) is 10.7. The molecule has 100 valence electrons. The van der Waals surface area contributed by atoms with Gasteiger partial charge in [0.15, 0.2) is 0 Å². The molecule has 0 saturated carbocycles. The summed E-state index contributed by atoms with van der Waals surface area (Å²) < 4.78 is 29.7. The molecule has 0 radical (unpaired) electrons. The van der Waals surface area contributed by atoms with Crippen LogP contribution in [0.25, 0.3) is 0 Å². The first-order valence-corrected chi connectivity index (χ1v) is 7.36. The van der Waals surface area contributed by atoms with Crippen molar-refractivity contribution in [2.45, 2.75) is 4.90 Å². The highest BCUT2D eigenvalue weighted by Gasteiger charge is 2.19. The molecule has 1 aromatic carbocycles. The van der Waals surface area contributed by atoms with Gasteiger partial charge in [-0.25, -0.2) is 13.2 Å². The second kappa shape index (κ2) is 5.11. The van der Waals surface area contributed by atoms with Crippen LogP contribution in [0.4, 0.5) is 5.00 Å². The van der Waals surface area contributed by atoms with Crippen LogP contribution in [0, 0.1) is 0 Å². The van der Waals surface area contributed by atoms with E-state index in [4.69, 9.17) is 16.7 Å². The van der Waals surface area contributed by atoms with Crippen LogP contribution in [-0.2, 0) is 10.0 Å². The molecule has 0 aliphatic heterocycles. The number of sulfonamides is 1. The first kappa shape index (κ1) is 13.7. The smallest absolute Gasteiger partial charge is 0.337 e. The summed E-state index contributed by atoms with van der Waals surface area (Å²) in [6.45, 7) is 0. The molecular weight excluding hydrogens is 314 g/mol. The topological polar surface area (TPSA) is 109 Å². The zero-order valence-electron chi connectivity index (χ0n) is 9.07. The maximum absolute atomic E-state index is 12.0. The molecule has 0 bridgehead atoms. The van der Waals surface area contributed by atoms with Gasteiger partial charge in [0, 0.05) is 11.5 Å². The summed E-state index contributed by atoms with van der Waals surface area (Å²) in [6.07, 6.45) is 1.25. The number of hydrogen-bond acceptors (Lipinski definition) is 6. The predicted octanol–water partition coefficient (Wildman–Crippen LogP) is 1.69. The second-order valence-corrected chi connectivity index (χ2v) is 6.21. The number of rotatable bonds is 4. The van der Waals surface area contributed by atoms with Crippen LogP contribution in [-0.4, -0.2) is 29.1 Å². The molecule has 0 fully saturated rings. The molecule has 0 aliphatic carbocycles. The number of aromatic carboxylic acids is 1. The van der Waals surface area contributed by atoms with E-state index in [1.54, 1.807) is 0 Å². The van der Waals surface area contributed by atoms with Gasteiger partial charge in [-0.1, -0.05) is 16.1 Å². The van der Waals surface area contributed by atoms with Crippen LogP contribution in [0.15, 0.2) is 29.3 Å². The van der Waals surface area contributed by atoms with Gasteiger partial charge in [-0.2, -0.15) is 0 Å². The molecule has 0 spiro atoms. The SMILES string of the molecule is O=C(O)c1cc(S(=O)(=O)Nc2cnns2)ccc1Cl. The molecule has 0 saturated heterocycles. The van der Waals surface area contributed by atoms with E-state index in [1.165, 1.54) is 18.3 Å². The Kier molecular flexibility index (Phi) is 3.69. The Hall–Kier alpha value is -1.71. The molecule has 7 nitrogen and oxygen atoms in total. The third kappa shape index (κ3) is 3.00. The Balaban J connectivity index is 2.41. The monoisotopic (exact) mass is 319 g/mol. The lowest BCUT2D eigenvalue weighted by atomic mass is 10.2. The van der Waals surface area contributed by atoms with Gasteiger partial charge >= 0.3 is 5.97 Å². The van der Waals surface area contributed by atoms with Crippen molar-refractivity contribution in [2.24, 2.45) is 0 Å². The highest BCUT2D eigenvalue weighted by molar-refractivity contribution is 7.93. The number of carbonyl (C=O) groups is 1. The lowest BCUT2D eigenvalue weighted by Gasteiger charge is -2.06. The molecule has 0 amide bonds. The average Bonchev–Trinajstić information content (AvgIpc) is 2.80. The fourth-order valence-electron chi connectivity index (χ4n) is 1.24. The fourth-order valence-corrected chi connectivity index (χ4v) is 3.15. The first-order chi connectivity index (χ1) is 8.90. The van der Waals surface area contributed by atoms with Gasteiger partial charge in [0.05, 0.1) is 21.7 Å². The van der Waals surface area contributed by atoms with Crippen LogP contribution in [0.5, 0.6) is 0 Å². The number of aromatic nitrogens is 2.